The topological polar surface area (TPSA) is 172 Å². The van der Waals surface area contributed by atoms with Crippen molar-refractivity contribution in [1.82, 2.24) is 38.8 Å². The number of aryl methyl sites for hydroxylation is 1. The molecule has 1 saturated heterocycles. The third-order valence-electron chi connectivity index (χ3n) is 9.52. The van der Waals surface area contributed by atoms with Crippen LogP contribution in [0.1, 0.15) is 54.4 Å². The highest BCUT2D eigenvalue weighted by Crippen LogP contribution is 2.40. The first-order chi connectivity index (χ1) is 24.0. The van der Waals surface area contributed by atoms with Gasteiger partial charge in [-0.25, -0.2) is 14.5 Å². The standard InChI is InChI=1S/C37H38N10O3/c1-21(2)36(49)45-17-12-24(13-18-45)28-19-26(33-34(38)41-20-42-47(28)33)23-8-10-25(11-9-23)31-30(27-14-16-44(4)43-27)22(3)46(29-7-5-6-15-40-29)37(50)32(31)35(39)48/h5-11,14-16,19-21,24H,12-13,17-18H2,1-4H3,(H2,39,48)(H2,38,41,42). The quantitative estimate of drug-likeness (QED) is 0.252. The van der Waals surface area contributed by atoms with Gasteiger partial charge in [0.05, 0.1) is 5.69 Å². The van der Waals surface area contributed by atoms with E-state index in [0.29, 0.717) is 58.3 Å². The molecule has 13 nitrogen and oxygen atoms in total. The number of nitrogens with zero attached hydrogens (tertiary/aromatic N) is 8. The average Bonchev–Trinajstić information content (AvgIpc) is 3.72. The number of nitrogen functional groups attached to an aromatic ring is 1. The lowest BCUT2D eigenvalue weighted by molar-refractivity contribution is -0.135. The predicted molar refractivity (Wildman–Crippen MR) is 191 cm³/mol. The van der Waals surface area contributed by atoms with Crippen LogP contribution < -0.4 is 17.0 Å². The summed E-state index contributed by atoms with van der Waals surface area (Å²) in [5.74, 6) is 0.165. The number of fused-ring (bicyclic) bond motifs is 1. The van der Waals surface area contributed by atoms with Gasteiger partial charge in [0, 0.05) is 72.4 Å². The molecule has 0 atom stereocenters. The van der Waals surface area contributed by atoms with Crippen LogP contribution in [-0.2, 0) is 11.8 Å². The van der Waals surface area contributed by atoms with Crippen molar-refractivity contribution in [3.05, 3.63) is 101 Å². The number of carbonyl (C=O) groups excluding carboxylic acids is 2. The fourth-order valence-electron chi connectivity index (χ4n) is 7.11. The molecule has 0 radical (unpaired) electrons. The van der Waals surface area contributed by atoms with Crippen molar-refractivity contribution in [2.75, 3.05) is 18.8 Å². The summed E-state index contributed by atoms with van der Waals surface area (Å²) in [5.41, 5.74) is 17.8. The van der Waals surface area contributed by atoms with Gasteiger partial charge in [-0.15, -0.1) is 0 Å². The monoisotopic (exact) mass is 670 g/mol. The van der Waals surface area contributed by atoms with E-state index < -0.39 is 11.5 Å². The summed E-state index contributed by atoms with van der Waals surface area (Å²) in [6, 6.07) is 16.8. The molecule has 1 fully saturated rings. The summed E-state index contributed by atoms with van der Waals surface area (Å²) in [4.78, 5) is 50.5. The number of aromatic nitrogens is 7. The lowest BCUT2D eigenvalue weighted by Crippen LogP contribution is -2.40. The lowest BCUT2D eigenvalue weighted by atomic mass is 9.90. The summed E-state index contributed by atoms with van der Waals surface area (Å²) < 4.78 is 4.93. The van der Waals surface area contributed by atoms with Crippen LogP contribution in [0.4, 0.5) is 5.82 Å². The molecule has 5 aromatic heterocycles. The van der Waals surface area contributed by atoms with Crippen LogP contribution in [0.2, 0.25) is 0 Å². The van der Waals surface area contributed by atoms with Gasteiger partial charge in [-0.1, -0.05) is 44.2 Å². The van der Waals surface area contributed by atoms with E-state index in [0.717, 1.165) is 29.7 Å². The van der Waals surface area contributed by atoms with Crippen molar-refractivity contribution in [3.8, 4) is 39.3 Å². The van der Waals surface area contributed by atoms with Crippen molar-refractivity contribution in [1.29, 1.82) is 0 Å². The number of piperidine rings is 1. The molecule has 7 rings (SSSR count). The fourth-order valence-corrected chi connectivity index (χ4v) is 7.11. The number of primary amides is 1. The Kier molecular flexibility index (Phi) is 8.26. The first kappa shape index (κ1) is 32.4. The van der Waals surface area contributed by atoms with Gasteiger partial charge in [0.25, 0.3) is 11.5 Å². The molecule has 50 heavy (non-hydrogen) atoms. The molecular weight excluding hydrogens is 632 g/mol. The highest BCUT2D eigenvalue weighted by Gasteiger charge is 2.30. The number of amides is 2. The van der Waals surface area contributed by atoms with Crippen molar-refractivity contribution in [2.45, 2.75) is 39.5 Å². The summed E-state index contributed by atoms with van der Waals surface area (Å²) in [6.07, 6.45) is 6.46. The summed E-state index contributed by atoms with van der Waals surface area (Å²) in [5, 5.41) is 9.23. The highest BCUT2D eigenvalue weighted by molar-refractivity contribution is 6.04. The van der Waals surface area contributed by atoms with Crippen molar-refractivity contribution >= 4 is 23.1 Å². The number of benzene rings is 1. The zero-order valence-electron chi connectivity index (χ0n) is 28.4. The largest absolute Gasteiger partial charge is 0.382 e. The van der Waals surface area contributed by atoms with Gasteiger partial charge in [-0.05, 0) is 55.2 Å². The Morgan fingerprint density at radius 3 is 2.30 bits per heavy atom. The van der Waals surface area contributed by atoms with E-state index in [1.807, 2.05) is 60.5 Å². The molecule has 1 aromatic carbocycles. The normalized spacial score (nSPS) is 13.7. The zero-order chi connectivity index (χ0) is 35.3. The third-order valence-corrected chi connectivity index (χ3v) is 9.52. The van der Waals surface area contributed by atoms with Crippen molar-refractivity contribution < 1.29 is 9.59 Å². The number of hydrogen-bond donors (Lipinski definition) is 2. The smallest absolute Gasteiger partial charge is 0.270 e. The van der Waals surface area contributed by atoms with E-state index in [2.05, 4.69) is 26.2 Å². The van der Waals surface area contributed by atoms with E-state index in [9.17, 15) is 14.4 Å². The molecule has 0 bridgehead atoms. The van der Waals surface area contributed by atoms with Gasteiger partial charge in [0.1, 0.15) is 23.2 Å². The molecule has 13 heteroatoms. The van der Waals surface area contributed by atoms with E-state index >= 15 is 0 Å². The second-order valence-corrected chi connectivity index (χ2v) is 13.0. The van der Waals surface area contributed by atoms with Gasteiger partial charge in [-0.3, -0.25) is 23.6 Å². The Morgan fingerprint density at radius 2 is 1.68 bits per heavy atom. The van der Waals surface area contributed by atoms with E-state index in [1.165, 1.54) is 10.9 Å². The Bertz CT molecular complexity index is 2310. The van der Waals surface area contributed by atoms with Crippen molar-refractivity contribution in [2.24, 2.45) is 18.7 Å². The lowest BCUT2D eigenvalue weighted by Gasteiger charge is -2.33. The number of nitrogens with two attached hydrogens (primary N) is 2. The SMILES string of the molecule is Cc1c(-c2ccn(C)n2)c(-c2ccc(-c3cc(C4CCN(C(=O)C(C)C)CC4)n4ncnc(N)c34)cc2)c(C(N)=O)c(=O)n1-c1ccccn1. The predicted octanol–water partition coefficient (Wildman–Crippen LogP) is 4.36. The first-order valence-corrected chi connectivity index (χ1v) is 16.6. The Hall–Kier alpha value is -6.11. The van der Waals surface area contributed by atoms with Crippen LogP contribution in [0.5, 0.6) is 0 Å². The molecule has 1 aliphatic rings. The van der Waals surface area contributed by atoms with Gasteiger partial charge in [0.2, 0.25) is 5.91 Å². The maximum atomic E-state index is 14.1. The Labute approximate surface area is 288 Å². The molecule has 6 aromatic rings. The minimum atomic E-state index is -0.856. The Balaban J connectivity index is 1.35. The summed E-state index contributed by atoms with van der Waals surface area (Å²) in [6.45, 7) is 7.02. The van der Waals surface area contributed by atoms with Crippen LogP contribution >= 0.6 is 0 Å². The Morgan fingerprint density at radius 1 is 0.960 bits per heavy atom. The number of hydrogen-bond acceptors (Lipinski definition) is 8. The number of likely N-dealkylation sites (tertiary alicyclic amines) is 1. The molecule has 0 saturated carbocycles. The molecule has 0 spiro atoms. The van der Waals surface area contributed by atoms with Crippen molar-refractivity contribution in [3.63, 3.8) is 0 Å². The third kappa shape index (κ3) is 5.50. The van der Waals surface area contributed by atoms with Crippen LogP contribution in [0.25, 0.3) is 44.8 Å². The maximum Gasteiger partial charge on any atom is 0.270 e. The van der Waals surface area contributed by atoms with E-state index in [-0.39, 0.29) is 23.3 Å². The minimum absolute atomic E-state index is 0.0383. The van der Waals surface area contributed by atoms with Crippen LogP contribution in [0.15, 0.2) is 78.1 Å². The molecular formula is C37H38N10O3. The van der Waals surface area contributed by atoms with Gasteiger partial charge < -0.3 is 16.4 Å². The van der Waals surface area contributed by atoms with E-state index in [4.69, 9.17) is 11.5 Å². The highest BCUT2D eigenvalue weighted by atomic mass is 16.2. The van der Waals surface area contributed by atoms with E-state index in [1.54, 1.807) is 42.3 Å². The average molecular weight is 671 g/mol. The zero-order valence-corrected chi connectivity index (χ0v) is 28.4. The molecule has 0 unspecified atom stereocenters. The second kappa shape index (κ2) is 12.7. The van der Waals surface area contributed by atoms with Gasteiger partial charge in [-0.2, -0.15) is 10.2 Å². The van der Waals surface area contributed by atoms with Crippen LogP contribution in [-0.4, -0.2) is 63.7 Å². The molecule has 6 heterocycles. The number of pyridine rings is 2. The maximum absolute atomic E-state index is 14.1. The molecule has 4 N–H and O–H groups in total. The van der Waals surface area contributed by atoms with Crippen LogP contribution in [0.3, 0.4) is 0 Å². The molecule has 0 aliphatic carbocycles. The van der Waals surface area contributed by atoms with Gasteiger partial charge in [0.15, 0.2) is 5.82 Å². The second-order valence-electron chi connectivity index (χ2n) is 13.0. The molecule has 1 aliphatic heterocycles. The molecule has 254 valence electrons. The van der Waals surface area contributed by atoms with Gasteiger partial charge >= 0.3 is 0 Å². The fraction of sp³-hybridized carbons (Fsp3) is 0.270. The minimum Gasteiger partial charge on any atom is -0.382 e. The number of carbonyl (C=O) groups is 2. The number of rotatable bonds is 7. The molecule has 2 amide bonds. The summed E-state index contributed by atoms with van der Waals surface area (Å²) >= 11 is 0. The van der Waals surface area contributed by atoms with Crippen LogP contribution in [0, 0.1) is 12.8 Å². The number of anilines is 1. The summed E-state index contributed by atoms with van der Waals surface area (Å²) in [7, 11) is 1.80. The first-order valence-electron chi connectivity index (χ1n) is 16.6.